The number of hydrogen-bond donors (Lipinski definition) is 3. The van der Waals surface area contributed by atoms with Crippen molar-refractivity contribution in [3.05, 3.63) is 0 Å². The number of carbonyl (C=O) groups excluding carboxylic acids is 2. The lowest BCUT2D eigenvalue weighted by atomic mass is 10.0. The van der Waals surface area contributed by atoms with Crippen molar-refractivity contribution in [3.8, 4) is 0 Å². The van der Waals surface area contributed by atoms with E-state index in [-0.39, 0.29) is 5.75 Å². The molecule has 0 aliphatic heterocycles. The van der Waals surface area contributed by atoms with E-state index < -0.39 is 35.7 Å². The average molecular weight is 292 g/mol. The van der Waals surface area contributed by atoms with Gasteiger partial charge >= 0.3 is 12.1 Å². The van der Waals surface area contributed by atoms with Crippen molar-refractivity contribution in [2.45, 2.75) is 38.8 Å². The average Bonchev–Trinajstić information content (AvgIpc) is 2.22. The summed E-state index contributed by atoms with van der Waals surface area (Å²) in [5, 5.41) is 9.01. The van der Waals surface area contributed by atoms with Gasteiger partial charge in [0.15, 0.2) is 0 Å². The van der Waals surface area contributed by atoms with Crippen molar-refractivity contribution in [2.75, 3.05) is 12.3 Å². The van der Waals surface area contributed by atoms with Crippen LogP contribution in [0.5, 0.6) is 0 Å². The second-order valence-corrected chi connectivity index (χ2v) is 5.52. The van der Waals surface area contributed by atoms with Gasteiger partial charge in [0.05, 0.1) is 6.54 Å². The van der Waals surface area contributed by atoms with Gasteiger partial charge in [0.1, 0.15) is 11.1 Å². The van der Waals surface area contributed by atoms with Crippen LogP contribution in [0.25, 0.3) is 0 Å². The summed E-state index contributed by atoms with van der Waals surface area (Å²) in [6.45, 7) is 5.53. The van der Waals surface area contributed by atoms with Crippen molar-refractivity contribution in [1.82, 2.24) is 4.90 Å². The molecule has 3 N–H and O–H groups in total. The quantitative estimate of drug-likeness (QED) is 0.650. The van der Waals surface area contributed by atoms with E-state index in [2.05, 4.69) is 12.6 Å². The minimum Gasteiger partial charge on any atom is -0.480 e. The van der Waals surface area contributed by atoms with E-state index in [9.17, 15) is 14.4 Å². The molecule has 0 spiro atoms. The molecule has 0 aliphatic rings. The van der Waals surface area contributed by atoms with Gasteiger partial charge in [-0.1, -0.05) is 0 Å². The molecule has 110 valence electrons. The molecule has 0 rings (SSSR count). The molecule has 0 aromatic heterocycles. The number of hydrogen-bond acceptors (Lipinski definition) is 6. The molecule has 0 aliphatic carbocycles. The fourth-order valence-corrected chi connectivity index (χ4v) is 1.32. The molecule has 2 amide bonds. The molecule has 0 saturated heterocycles. The topological polar surface area (TPSA) is 110 Å². The summed E-state index contributed by atoms with van der Waals surface area (Å²) >= 11 is 3.84. The first-order valence-corrected chi connectivity index (χ1v) is 6.20. The summed E-state index contributed by atoms with van der Waals surface area (Å²) in [6, 6.07) is 0. The molecule has 0 unspecified atom stereocenters. The van der Waals surface area contributed by atoms with Crippen LogP contribution in [0.15, 0.2) is 0 Å². The highest BCUT2D eigenvalue weighted by Crippen LogP contribution is 2.13. The van der Waals surface area contributed by atoms with Gasteiger partial charge in [-0.2, -0.15) is 12.6 Å². The lowest BCUT2D eigenvalue weighted by Crippen LogP contribution is -2.60. The fourth-order valence-electron chi connectivity index (χ4n) is 1.09. The van der Waals surface area contributed by atoms with Crippen LogP contribution in [-0.4, -0.2) is 51.4 Å². The SMILES string of the molecule is CC(=O)N(C[C@](N)(CS)C(=O)O)C(=O)OC(C)(C)C. The van der Waals surface area contributed by atoms with Crippen molar-refractivity contribution in [2.24, 2.45) is 5.73 Å². The predicted octanol–water partition coefficient (Wildman–Crippen LogP) is 0.482. The predicted molar refractivity (Wildman–Crippen MR) is 72.0 cm³/mol. The largest absolute Gasteiger partial charge is 0.480 e. The van der Waals surface area contributed by atoms with Gasteiger partial charge in [-0.3, -0.25) is 9.59 Å². The number of amides is 2. The van der Waals surface area contributed by atoms with E-state index in [0.717, 1.165) is 6.92 Å². The van der Waals surface area contributed by atoms with E-state index in [1.165, 1.54) is 0 Å². The van der Waals surface area contributed by atoms with Crippen LogP contribution in [0, 0.1) is 0 Å². The zero-order valence-electron chi connectivity index (χ0n) is 11.5. The highest BCUT2D eigenvalue weighted by atomic mass is 32.1. The molecular formula is C11H20N2O5S. The molecule has 8 heteroatoms. The number of aliphatic carboxylic acids is 1. The van der Waals surface area contributed by atoms with Gasteiger partial charge in [-0.05, 0) is 20.8 Å². The minimum atomic E-state index is -1.81. The summed E-state index contributed by atoms with van der Waals surface area (Å²) < 4.78 is 5.02. The van der Waals surface area contributed by atoms with Crippen LogP contribution in [0.2, 0.25) is 0 Å². The van der Waals surface area contributed by atoms with Crippen LogP contribution < -0.4 is 5.73 Å². The van der Waals surface area contributed by atoms with Crippen LogP contribution in [0.1, 0.15) is 27.7 Å². The lowest BCUT2D eigenvalue weighted by Gasteiger charge is -2.31. The number of thiol groups is 1. The minimum absolute atomic E-state index is 0.227. The van der Waals surface area contributed by atoms with Crippen LogP contribution in [0.4, 0.5) is 4.79 Å². The van der Waals surface area contributed by atoms with Crippen molar-refractivity contribution < 1.29 is 24.2 Å². The molecule has 0 saturated carbocycles. The number of nitrogens with zero attached hydrogens (tertiary/aromatic N) is 1. The van der Waals surface area contributed by atoms with Crippen LogP contribution >= 0.6 is 12.6 Å². The third kappa shape index (κ3) is 5.48. The number of carboxylic acid groups (broad SMARTS) is 1. The zero-order chi connectivity index (χ0) is 15.4. The third-order valence-electron chi connectivity index (χ3n) is 2.14. The molecule has 0 radical (unpaired) electrons. The Kier molecular flexibility index (Phi) is 5.83. The molecule has 0 heterocycles. The number of carbonyl (C=O) groups is 3. The highest BCUT2D eigenvalue weighted by Gasteiger charge is 2.39. The summed E-state index contributed by atoms with van der Waals surface area (Å²) in [4.78, 5) is 35.0. The maximum atomic E-state index is 11.8. The fraction of sp³-hybridized carbons (Fsp3) is 0.727. The number of imide groups is 1. The van der Waals surface area contributed by atoms with E-state index in [1.807, 2.05) is 0 Å². The van der Waals surface area contributed by atoms with Gasteiger partial charge in [0.2, 0.25) is 5.91 Å². The Balaban J connectivity index is 5.10. The normalized spacial score (nSPS) is 14.4. The van der Waals surface area contributed by atoms with Gasteiger partial charge in [0, 0.05) is 12.7 Å². The summed E-state index contributed by atoms with van der Waals surface area (Å²) in [5.41, 5.74) is 2.99. The monoisotopic (exact) mass is 292 g/mol. The Hall–Kier alpha value is -1.28. The number of nitrogens with two attached hydrogens (primary N) is 1. The molecule has 0 bridgehead atoms. The molecule has 19 heavy (non-hydrogen) atoms. The number of ether oxygens (including phenoxy) is 1. The molecule has 7 nitrogen and oxygen atoms in total. The molecular weight excluding hydrogens is 272 g/mol. The molecule has 0 aromatic carbocycles. The third-order valence-corrected chi connectivity index (χ3v) is 2.71. The van der Waals surface area contributed by atoms with E-state index in [0.29, 0.717) is 4.90 Å². The van der Waals surface area contributed by atoms with Gasteiger partial charge in [-0.25, -0.2) is 9.69 Å². The van der Waals surface area contributed by atoms with Crippen molar-refractivity contribution in [3.63, 3.8) is 0 Å². The number of rotatable bonds is 4. The summed E-state index contributed by atoms with van der Waals surface area (Å²) in [6.07, 6.45) is -0.933. The maximum absolute atomic E-state index is 11.8. The Morgan fingerprint density at radius 2 is 1.79 bits per heavy atom. The standard InChI is InChI=1S/C11H20N2O5S/c1-7(14)13(9(17)18-10(2,3)4)5-11(12,6-19)8(15)16/h19H,5-6,12H2,1-4H3,(H,15,16)/t11-/m0/s1. The van der Waals surface area contributed by atoms with E-state index >= 15 is 0 Å². The van der Waals surface area contributed by atoms with Gasteiger partial charge in [0.25, 0.3) is 0 Å². The molecule has 0 aromatic rings. The smallest absolute Gasteiger partial charge is 0.417 e. The van der Waals surface area contributed by atoms with Gasteiger partial charge in [-0.15, -0.1) is 0 Å². The van der Waals surface area contributed by atoms with E-state index in [1.54, 1.807) is 20.8 Å². The van der Waals surface area contributed by atoms with E-state index in [4.69, 9.17) is 15.6 Å². The Labute approximate surface area is 117 Å². The summed E-state index contributed by atoms with van der Waals surface area (Å²) in [5.74, 6) is -2.22. The molecule has 0 fully saturated rings. The molecule has 1 atom stereocenters. The first-order valence-electron chi connectivity index (χ1n) is 5.57. The van der Waals surface area contributed by atoms with Crippen LogP contribution in [0.3, 0.4) is 0 Å². The Morgan fingerprint density at radius 1 is 1.32 bits per heavy atom. The van der Waals surface area contributed by atoms with Crippen LogP contribution in [-0.2, 0) is 14.3 Å². The Bertz CT molecular complexity index is 380. The first kappa shape index (κ1) is 17.7. The second kappa shape index (κ2) is 6.25. The maximum Gasteiger partial charge on any atom is 0.417 e. The second-order valence-electron chi connectivity index (χ2n) is 5.20. The number of carboxylic acids is 1. The summed E-state index contributed by atoms with van der Waals surface area (Å²) in [7, 11) is 0. The highest BCUT2D eigenvalue weighted by molar-refractivity contribution is 7.80. The zero-order valence-corrected chi connectivity index (χ0v) is 12.4. The first-order chi connectivity index (χ1) is 8.43. The Morgan fingerprint density at radius 3 is 2.05 bits per heavy atom. The van der Waals surface area contributed by atoms with Gasteiger partial charge < -0.3 is 15.6 Å². The van der Waals surface area contributed by atoms with Crippen molar-refractivity contribution >= 4 is 30.6 Å². The lowest BCUT2D eigenvalue weighted by molar-refractivity contribution is -0.143. The van der Waals surface area contributed by atoms with Crippen molar-refractivity contribution in [1.29, 1.82) is 0 Å².